The molecule has 1 fully saturated rings. The zero-order valence-corrected chi connectivity index (χ0v) is 14.1. The van der Waals surface area contributed by atoms with Crippen molar-refractivity contribution in [1.82, 2.24) is 4.90 Å². The molecule has 1 aliphatic rings. The average molecular weight is 347 g/mol. The van der Waals surface area contributed by atoms with Gasteiger partial charge in [-0.2, -0.15) is 0 Å². The summed E-state index contributed by atoms with van der Waals surface area (Å²) in [5.41, 5.74) is 1.51. The number of nitrogens with zero attached hydrogens (tertiary/aromatic N) is 1. The van der Waals surface area contributed by atoms with Gasteiger partial charge in [-0.05, 0) is 48.7 Å². The number of rotatable bonds is 2. The Bertz CT molecular complexity index is 722. The van der Waals surface area contributed by atoms with Crippen LogP contribution in [-0.4, -0.2) is 17.5 Å². The number of halogens is 2. The first-order chi connectivity index (χ1) is 11.6. The highest BCUT2D eigenvalue weighted by atomic mass is 35.5. The molecule has 0 aliphatic carbocycles. The second-order valence-electron chi connectivity index (χ2n) is 6.05. The largest absolute Gasteiger partial charge is 0.322 e. The SMILES string of the molecule is O=C(Nc1cccc(Cl)c1)N1CCCCCC1c1cccc(F)c1. The summed E-state index contributed by atoms with van der Waals surface area (Å²) in [5, 5.41) is 3.48. The van der Waals surface area contributed by atoms with Gasteiger partial charge in [0, 0.05) is 17.3 Å². The van der Waals surface area contributed by atoms with Gasteiger partial charge >= 0.3 is 6.03 Å². The monoisotopic (exact) mass is 346 g/mol. The second kappa shape index (κ2) is 7.67. The Balaban J connectivity index is 1.82. The molecular weight excluding hydrogens is 327 g/mol. The van der Waals surface area contributed by atoms with Crippen LogP contribution in [0.15, 0.2) is 48.5 Å². The van der Waals surface area contributed by atoms with E-state index in [9.17, 15) is 9.18 Å². The summed E-state index contributed by atoms with van der Waals surface area (Å²) in [5.74, 6) is -0.271. The number of urea groups is 1. The van der Waals surface area contributed by atoms with Crippen LogP contribution in [0, 0.1) is 5.82 Å². The van der Waals surface area contributed by atoms with E-state index in [2.05, 4.69) is 5.32 Å². The summed E-state index contributed by atoms with van der Waals surface area (Å²) in [6, 6.07) is 13.3. The van der Waals surface area contributed by atoms with Gasteiger partial charge in [0.1, 0.15) is 5.82 Å². The number of hydrogen-bond donors (Lipinski definition) is 1. The molecule has 1 saturated heterocycles. The fourth-order valence-corrected chi connectivity index (χ4v) is 3.36. The molecule has 0 bridgehead atoms. The fourth-order valence-electron chi connectivity index (χ4n) is 3.17. The van der Waals surface area contributed by atoms with Gasteiger partial charge in [-0.15, -0.1) is 0 Å². The number of carbonyl (C=O) groups excluding carboxylic acids is 1. The van der Waals surface area contributed by atoms with E-state index in [1.165, 1.54) is 12.1 Å². The third-order valence-corrected chi connectivity index (χ3v) is 4.56. The second-order valence-corrected chi connectivity index (χ2v) is 6.49. The van der Waals surface area contributed by atoms with Crippen LogP contribution >= 0.6 is 11.6 Å². The van der Waals surface area contributed by atoms with Gasteiger partial charge in [-0.3, -0.25) is 0 Å². The first-order valence-electron chi connectivity index (χ1n) is 8.22. The number of amides is 2. The van der Waals surface area contributed by atoms with Gasteiger partial charge < -0.3 is 10.2 Å². The summed E-state index contributed by atoms with van der Waals surface area (Å²) >= 11 is 5.98. The molecule has 0 radical (unpaired) electrons. The quantitative estimate of drug-likeness (QED) is 0.751. The minimum Gasteiger partial charge on any atom is -0.317 e. The number of benzene rings is 2. The average Bonchev–Trinajstić information content (AvgIpc) is 2.81. The van der Waals surface area contributed by atoms with Crippen molar-refractivity contribution in [3.8, 4) is 0 Å². The molecule has 1 aliphatic heterocycles. The molecule has 2 aromatic rings. The fraction of sp³-hybridized carbons (Fsp3) is 0.316. The number of carbonyl (C=O) groups is 1. The van der Waals surface area contributed by atoms with E-state index in [1.807, 2.05) is 11.0 Å². The molecule has 5 heteroatoms. The van der Waals surface area contributed by atoms with E-state index in [4.69, 9.17) is 11.6 Å². The van der Waals surface area contributed by atoms with Crippen LogP contribution in [0.3, 0.4) is 0 Å². The zero-order valence-electron chi connectivity index (χ0n) is 13.3. The maximum Gasteiger partial charge on any atom is 0.322 e. The predicted molar refractivity (Wildman–Crippen MR) is 94.8 cm³/mol. The highest BCUT2D eigenvalue weighted by Gasteiger charge is 2.27. The lowest BCUT2D eigenvalue weighted by atomic mass is 10.0. The van der Waals surface area contributed by atoms with E-state index >= 15 is 0 Å². The standard InChI is InChI=1S/C19H20ClFN2O/c20-15-7-5-9-17(13-15)22-19(24)23-11-3-1-2-10-18(23)14-6-4-8-16(21)12-14/h4-9,12-13,18H,1-3,10-11H2,(H,22,24). The lowest BCUT2D eigenvalue weighted by molar-refractivity contribution is 0.189. The number of hydrogen-bond acceptors (Lipinski definition) is 1. The molecule has 2 aromatic carbocycles. The van der Waals surface area contributed by atoms with Gasteiger partial charge in [0.2, 0.25) is 0 Å². The molecular formula is C19H20ClFN2O. The van der Waals surface area contributed by atoms with Crippen molar-refractivity contribution in [3.63, 3.8) is 0 Å². The lowest BCUT2D eigenvalue weighted by Gasteiger charge is -2.30. The highest BCUT2D eigenvalue weighted by molar-refractivity contribution is 6.30. The summed E-state index contributed by atoms with van der Waals surface area (Å²) in [6.07, 6.45) is 3.90. The maximum absolute atomic E-state index is 13.6. The van der Waals surface area contributed by atoms with Gasteiger partial charge in [0.05, 0.1) is 6.04 Å². The molecule has 3 rings (SSSR count). The molecule has 3 nitrogen and oxygen atoms in total. The Morgan fingerprint density at radius 1 is 1.12 bits per heavy atom. The van der Waals surface area contributed by atoms with Crippen molar-refractivity contribution in [2.75, 3.05) is 11.9 Å². The first-order valence-corrected chi connectivity index (χ1v) is 8.60. The van der Waals surface area contributed by atoms with Crippen molar-refractivity contribution in [2.45, 2.75) is 31.7 Å². The molecule has 0 spiro atoms. The van der Waals surface area contributed by atoms with Gasteiger partial charge in [0.15, 0.2) is 0 Å². The first kappa shape index (κ1) is 16.8. The third-order valence-electron chi connectivity index (χ3n) is 4.32. The molecule has 1 unspecified atom stereocenters. The molecule has 24 heavy (non-hydrogen) atoms. The Morgan fingerprint density at radius 2 is 1.96 bits per heavy atom. The molecule has 1 heterocycles. The van der Waals surface area contributed by atoms with E-state index in [0.717, 1.165) is 31.2 Å². The number of anilines is 1. The van der Waals surface area contributed by atoms with E-state index in [1.54, 1.807) is 30.3 Å². The zero-order chi connectivity index (χ0) is 16.9. The minimum atomic E-state index is -0.271. The van der Waals surface area contributed by atoms with Gasteiger partial charge in [0.25, 0.3) is 0 Å². The molecule has 1 N–H and O–H groups in total. The van der Waals surface area contributed by atoms with Crippen LogP contribution < -0.4 is 5.32 Å². The highest BCUT2D eigenvalue weighted by Crippen LogP contribution is 2.31. The van der Waals surface area contributed by atoms with Crippen LogP contribution in [0.1, 0.15) is 37.3 Å². The van der Waals surface area contributed by atoms with Crippen LogP contribution in [-0.2, 0) is 0 Å². The van der Waals surface area contributed by atoms with Crippen molar-refractivity contribution < 1.29 is 9.18 Å². The van der Waals surface area contributed by atoms with E-state index in [-0.39, 0.29) is 17.9 Å². The number of nitrogens with one attached hydrogen (secondary N) is 1. The normalized spacial score (nSPS) is 18.1. The Kier molecular flexibility index (Phi) is 5.36. The lowest BCUT2D eigenvalue weighted by Crippen LogP contribution is -2.38. The molecule has 0 aromatic heterocycles. The van der Waals surface area contributed by atoms with Gasteiger partial charge in [-0.1, -0.05) is 42.6 Å². The summed E-state index contributed by atoms with van der Waals surface area (Å²) in [4.78, 5) is 14.6. The Labute approximate surface area is 146 Å². The minimum absolute atomic E-state index is 0.109. The van der Waals surface area contributed by atoms with Crippen LogP contribution in [0.25, 0.3) is 0 Å². The number of likely N-dealkylation sites (tertiary alicyclic amines) is 1. The summed E-state index contributed by atoms with van der Waals surface area (Å²) in [7, 11) is 0. The summed E-state index contributed by atoms with van der Waals surface area (Å²) < 4.78 is 13.6. The van der Waals surface area contributed by atoms with Gasteiger partial charge in [-0.25, -0.2) is 9.18 Å². The molecule has 126 valence electrons. The molecule has 1 atom stereocenters. The Morgan fingerprint density at radius 3 is 2.75 bits per heavy atom. The van der Waals surface area contributed by atoms with E-state index in [0.29, 0.717) is 17.3 Å². The van der Waals surface area contributed by atoms with Crippen LogP contribution in [0.4, 0.5) is 14.9 Å². The van der Waals surface area contributed by atoms with Crippen LogP contribution in [0.5, 0.6) is 0 Å². The third kappa shape index (κ3) is 4.06. The van der Waals surface area contributed by atoms with Crippen molar-refractivity contribution in [2.24, 2.45) is 0 Å². The van der Waals surface area contributed by atoms with Crippen molar-refractivity contribution in [3.05, 3.63) is 64.9 Å². The van der Waals surface area contributed by atoms with Crippen molar-refractivity contribution in [1.29, 1.82) is 0 Å². The molecule has 0 saturated carbocycles. The van der Waals surface area contributed by atoms with Crippen molar-refractivity contribution >= 4 is 23.3 Å². The van der Waals surface area contributed by atoms with Crippen LogP contribution in [0.2, 0.25) is 5.02 Å². The predicted octanol–water partition coefficient (Wildman–Crippen LogP) is 5.63. The topological polar surface area (TPSA) is 32.3 Å². The molecule has 2 amide bonds. The maximum atomic E-state index is 13.6. The smallest absolute Gasteiger partial charge is 0.317 e. The summed E-state index contributed by atoms with van der Waals surface area (Å²) in [6.45, 7) is 0.660. The Hall–Kier alpha value is -2.07. The van der Waals surface area contributed by atoms with E-state index < -0.39 is 0 Å².